The molecule has 0 heterocycles. The van der Waals surface area contributed by atoms with Crippen molar-refractivity contribution in [2.24, 2.45) is 0 Å². The van der Waals surface area contributed by atoms with Gasteiger partial charge in [0.25, 0.3) is 0 Å². The van der Waals surface area contributed by atoms with E-state index in [1.54, 1.807) is 0 Å². The highest BCUT2D eigenvalue weighted by Crippen LogP contribution is 2.31. The Morgan fingerprint density at radius 2 is 2.05 bits per heavy atom. The van der Waals surface area contributed by atoms with Gasteiger partial charge in [-0.2, -0.15) is 0 Å². The second-order valence-corrected chi connectivity index (χ2v) is 5.52. The molecule has 0 aliphatic heterocycles. The zero-order valence-corrected chi connectivity index (χ0v) is 11.6. The van der Waals surface area contributed by atoms with Crippen molar-refractivity contribution in [2.75, 3.05) is 6.61 Å². The van der Waals surface area contributed by atoms with E-state index in [1.807, 2.05) is 0 Å². The standard InChI is InChI=1S/C15H20FNO3/c1-10(19)13-7-12(16)6-11(14(13)20)8-17-15(9-18)4-2-3-5-15/h6-7,17-18,20H,2-5,8-9H2,1H3. The highest BCUT2D eigenvalue weighted by Gasteiger charge is 2.32. The first-order chi connectivity index (χ1) is 9.47. The van der Waals surface area contributed by atoms with E-state index in [9.17, 15) is 19.4 Å². The van der Waals surface area contributed by atoms with Crippen LogP contribution < -0.4 is 5.32 Å². The number of aliphatic hydroxyl groups is 1. The van der Waals surface area contributed by atoms with E-state index >= 15 is 0 Å². The van der Waals surface area contributed by atoms with Gasteiger partial charge in [0.05, 0.1) is 12.2 Å². The van der Waals surface area contributed by atoms with Crippen molar-refractivity contribution in [3.8, 4) is 5.75 Å². The fourth-order valence-electron chi connectivity index (χ4n) is 2.78. The van der Waals surface area contributed by atoms with Crippen molar-refractivity contribution < 1.29 is 19.4 Å². The minimum Gasteiger partial charge on any atom is -0.507 e. The largest absolute Gasteiger partial charge is 0.507 e. The molecule has 0 atom stereocenters. The van der Waals surface area contributed by atoms with Gasteiger partial charge in [0.15, 0.2) is 5.78 Å². The van der Waals surface area contributed by atoms with Gasteiger partial charge in [-0.15, -0.1) is 0 Å². The molecular weight excluding hydrogens is 261 g/mol. The SMILES string of the molecule is CC(=O)c1cc(F)cc(CNC2(CO)CCCC2)c1O. The molecule has 0 saturated heterocycles. The molecule has 1 fully saturated rings. The van der Waals surface area contributed by atoms with Crippen molar-refractivity contribution in [1.82, 2.24) is 5.32 Å². The molecule has 1 aromatic carbocycles. The summed E-state index contributed by atoms with van der Waals surface area (Å²) in [7, 11) is 0. The Bertz CT molecular complexity index is 510. The average Bonchev–Trinajstić information content (AvgIpc) is 2.88. The van der Waals surface area contributed by atoms with E-state index in [-0.39, 0.29) is 35.8 Å². The number of aliphatic hydroxyl groups excluding tert-OH is 1. The van der Waals surface area contributed by atoms with Crippen LogP contribution in [0.5, 0.6) is 5.75 Å². The van der Waals surface area contributed by atoms with Crippen molar-refractivity contribution in [1.29, 1.82) is 0 Å². The van der Waals surface area contributed by atoms with Crippen molar-refractivity contribution in [2.45, 2.75) is 44.7 Å². The Morgan fingerprint density at radius 1 is 1.40 bits per heavy atom. The summed E-state index contributed by atoms with van der Waals surface area (Å²) in [6, 6.07) is 2.26. The third kappa shape index (κ3) is 2.99. The van der Waals surface area contributed by atoms with Crippen LogP contribution in [0, 0.1) is 5.82 Å². The molecular formula is C15H20FNO3. The second kappa shape index (κ2) is 5.89. The number of benzene rings is 1. The number of aromatic hydroxyl groups is 1. The van der Waals surface area contributed by atoms with Crippen molar-refractivity contribution in [3.63, 3.8) is 0 Å². The summed E-state index contributed by atoms with van der Waals surface area (Å²) >= 11 is 0. The third-order valence-electron chi connectivity index (χ3n) is 4.05. The van der Waals surface area contributed by atoms with Crippen LogP contribution in [0.25, 0.3) is 0 Å². The number of rotatable bonds is 5. The Hall–Kier alpha value is -1.46. The maximum Gasteiger partial charge on any atom is 0.163 e. The molecule has 110 valence electrons. The minimum absolute atomic E-state index is 0.00808. The van der Waals surface area contributed by atoms with Crippen LogP contribution in [-0.2, 0) is 6.54 Å². The molecule has 1 saturated carbocycles. The molecule has 20 heavy (non-hydrogen) atoms. The Balaban J connectivity index is 2.19. The smallest absolute Gasteiger partial charge is 0.163 e. The molecule has 2 rings (SSSR count). The lowest BCUT2D eigenvalue weighted by atomic mass is 9.97. The number of hydrogen-bond acceptors (Lipinski definition) is 4. The van der Waals surface area contributed by atoms with Crippen LogP contribution in [0.4, 0.5) is 4.39 Å². The number of nitrogens with one attached hydrogen (secondary N) is 1. The highest BCUT2D eigenvalue weighted by molar-refractivity contribution is 5.97. The van der Waals surface area contributed by atoms with Crippen LogP contribution in [-0.4, -0.2) is 28.1 Å². The number of hydrogen-bond donors (Lipinski definition) is 3. The predicted octanol–water partition coefficient (Wildman–Crippen LogP) is 2.13. The lowest BCUT2D eigenvalue weighted by Crippen LogP contribution is -2.45. The van der Waals surface area contributed by atoms with E-state index in [0.717, 1.165) is 31.7 Å². The van der Waals surface area contributed by atoms with Crippen LogP contribution >= 0.6 is 0 Å². The molecule has 0 spiro atoms. The van der Waals surface area contributed by atoms with Crippen LogP contribution in [0.1, 0.15) is 48.5 Å². The first-order valence-electron chi connectivity index (χ1n) is 6.86. The molecule has 0 bridgehead atoms. The quantitative estimate of drug-likeness (QED) is 0.723. The summed E-state index contributed by atoms with van der Waals surface area (Å²) in [6.07, 6.45) is 3.81. The molecule has 0 aromatic heterocycles. The molecule has 1 aromatic rings. The summed E-state index contributed by atoms with van der Waals surface area (Å²) in [5, 5.41) is 22.7. The minimum atomic E-state index is -0.547. The van der Waals surface area contributed by atoms with Gasteiger partial charge in [-0.05, 0) is 31.9 Å². The zero-order valence-electron chi connectivity index (χ0n) is 11.6. The Morgan fingerprint density at radius 3 is 2.60 bits per heavy atom. The van der Waals surface area contributed by atoms with Gasteiger partial charge < -0.3 is 15.5 Å². The van der Waals surface area contributed by atoms with Gasteiger partial charge in [-0.3, -0.25) is 4.79 Å². The molecule has 0 radical (unpaired) electrons. The van der Waals surface area contributed by atoms with Crippen molar-refractivity contribution >= 4 is 5.78 Å². The summed E-state index contributed by atoms with van der Waals surface area (Å²) in [5.41, 5.74) is -0.0176. The normalized spacial score (nSPS) is 17.4. The monoisotopic (exact) mass is 281 g/mol. The topological polar surface area (TPSA) is 69.6 Å². The Labute approximate surface area is 117 Å². The predicted molar refractivity (Wildman–Crippen MR) is 73.2 cm³/mol. The van der Waals surface area contributed by atoms with Gasteiger partial charge in [-0.1, -0.05) is 12.8 Å². The summed E-state index contributed by atoms with van der Waals surface area (Å²) in [5.74, 6) is -1.10. The van der Waals surface area contributed by atoms with Gasteiger partial charge in [-0.25, -0.2) is 4.39 Å². The van der Waals surface area contributed by atoms with E-state index in [4.69, 9.17) is 0 Å². The summed E-state index contributed by atoms with van der Waals surface area (Å²) in [4.78, 5) is 11.4. The molecule has 4 nitrogen and oxygen atoms in total. The number of Topliss-reactive ketones (excluding diaryl/α,β-unsaturated/α-hetero) is 1. The van der Waals surface area contributed by atoms with E-state index in [2.05, 4.69) is 5.32 Å². The molecule has 5 heteroatoms. The summed E-state index contributed by atoms with van der Waals surface area (Å²) in [6.45, 7) is 1.53. The fraction of sp³-hybridized carbons (Fsp3) is 0.533. The summed E-state index contributed by atoms with van der Waals surface area (Å²) < 4.78 is 13.5. The first-order valence-corrected chi connectivity index (χ1v) is 6.86. The molecule has 3 N–H and O–H groups in total. The number of halogens is 1. The number of carbonyl (C=O) groups is 1. The van der Waals surface area contributed by atoms with Gasteiger partial charge >= 0.3 is 0 Å². The number of carbonyl (C=O) groups excluding carboxylic acids is 1. The second-order valence-electron chi connectivity index (χ2n) is 5.52. The van der Waals surface area contributed by atoms with E-state index < -0.39 is 5.82 Å². The molecule has 0 amide bonds. The lowest BCUT2D eigenvalue weighted by Gasteiger charge is -2.28. The average molecular weight is 281 g/mol. The fourth-order valence-corrected chi connectivity index (χ4v) is 2.78. The first kappa shape index (κ1) is 14.9. The maximum atomic E-state index is 13.5. The maximum absolute atomic E-state index is 13.5. The molecule has 1 aliphatic rings. The van der Waals surface area contributed by atoms with Gasteiger partial charge in [0.1, 0.15) is 11.6 Å². The van der Waals surface area contributed by atoms with Crippen molar-refractivity contribution in [3.05, 3.63) is 29.1 Å². The van der Waals surface area contributed by atoms with Crippen LogP contribution in [0.2, 0.25) is 0 Å². The highest BCUT2D eigenvalue weighted by atomic mass is 19.1. The number of ketones is 1. The third-order valence-corrected chi connectivity index (χ3v) is 4.05. The van der Waals surface area contributed by atoms with Crippen LogP contribution in [0.3, 0.4) is 0 Å². The zero-order chi connectivity index (χ0) is 14.8. The van der Waals surface area contributed by atoms with E-state index in [0.29, 0.717) is 5.56 Å². The number of phenols is 1. The van der Waals surface area contributed by atoms with Gasteiger partial charge in [0.2, 0.25) is 0 Å². The lowest BCUT2D eigenvalue weighted by molar-refractivity contribution is 0.101. The molecule has 1 aliphatic carbocycles. The van der Waals surface area contributed by atoms with Gasteiger partial charge in [0, 0.05) is 17.6 Å². The van der Waals surface area contributed by atoms with E-state index in [1.165, 1.54) is 13.0 Å². The Kier molecular flexibility index (Phi) is 4.40. The number of phenolic OH excluding ortho intramolecular Hbond substituents is 1. The molecule has 0 unspecified atom stereocenters. The van der Waals surface area contributed by atoms with Crippen LogP contribution in [0.15, 0.2) is 12.1 Å².